The van der Waals surface area contributed by atoms with E-state index in [-0.39, 0.29) is 10.8 Å². The van der Waals surface area contributed by atoms with Crippen molar-refractivity contribution in [1.82, 2.24) is 19.8 Å². The van der Waals surface area contributed by atoms with Gasteiger partial charge in [-0.25, -0.2) is 18.7 Å². The number of likely N-dealkylation sites (N-methyl/N-ethyl adjacent to an activating group) is 1. The van der Waals surface area contributed by atoms with Crippen molar-refractivity contribution in [1.29, 1.82) is 0 Å². The monoisotopic (exact) mass is 474 g/mol. The number of nitrogens with one attached hydrogen (secondary N) is 1. The number of aromatic nitrogens is 2. The fourth-order valence-corrected chi connectivity index (χ4v) is 4.33. The molecule has 1 aliphatic heterocycles. The first-order valence-electron chi connectivity index (χ1n) is 11.3. The quantitative estimate of drug-likeness (QED) is 0.507. The summed E-state index contributed by atoms with van der Waals surface area (Å²) in [6, 6.07) is 7.54. The number of hydrogen-bond acceptors (Lipinski definition) is 6. The Balaban J connectivity index is 1.48. The van der Waals surface area contributed by atoms with Crippen LogP contribution in [0.3, 0.4) is 0 Å². The highest BCUT2D eigenvalue weighted by molar-refractivity contribution is 6.31. The van der Waals surface area contributed by atoms with Crippen LogP contribution in [-0.4, -0.2) is 72.1 Å². The van der Waals surface area contributed by atoms with E-state index >= 15 is 4.39 Å². The van der Waals surface area contributed by atoms with Crippen molar-refractivity contribution in [3.05, 3.63) is 53.3 Å². The van der Waals surface area contributed by atoms with Gasteiger partial charge in [-0.15, -0.1) is 0 Å². The lowest BCUT2D eigenvalue weighted by atomic mass is 10.1. The zero-order valence-corrected chi connectivity index (χ0v) is 19.7. The highest BCUT2D eigenvalue weighted by Gasteiger charge is 2.21. The molecule has 0 unspecified atom stereocenters. The molecule has 176 valence electrons. The number of fused-ring (bicyclic) bond motifs is 1. The molecule has 3 aromatic rings. The van der Waals surface area contributed by atoms with Crippen LogP contribution in [0, 0.1) is 11.6 Å². The lowest BCUT2D eigenvalue weighted by molar-refractivity contribution is 0.205. The van der Waals surface area contributed by atoms with Crippen molar-refractivity contribution in [2.45, 2.75) is 13.8 Å². The molecule has 0 saturated carbocycles. The number of rotatable bonds is 8. The number of halogens is 3. The molecular weight excluding hydrogens is 446 g/mol. The molecule has 0 radical (unpaired) electrons. The maximum atomic E-state index is 15.2. The van der Waals surface area contributed by atoms with Gasteiger partial charge in [0, 0.05) is 50.3 Å². The number of piperazine rings is 1. The van der Waals surface area contributed by atoms with Crippen LogP contribution in [0.4, 0.5) is 26.0 Å². The Labute approximate surface area is 198 Å². The van der Waals surface area contributed by atoms with Crippen LogP contribution in [0.15, 0.2) is 36.7 Å². The SMILES string of the molecule is CCN(CC)CCN1CCN(c2cc3ncnc(Nc4ccc(F)c(Cl)c4)c3cc2F)CC1. The molecular formula is C24H29ClF2N6. The molecule has 1 aromatic heterocycles. The van der Waals surface area contributed by atoms with Gasteiger partial charge in [0.05, 0.1) is 16.2 Å². The summed E-state index contributed by atoms with van der Waals surface area (Å²) in [6.07, 6.45) is 1.43. The Kier molecular flexibility index (Phi) is 7.57. The third-order valence-electron chi connectivity index (χ3n) is 6.23. The molecule has 1 saturated heterocycles. The maximum absolute atomic E-state index is 15.2. The highest BCUT2D eigenvalue weighted by atomic mass is 35.5. The van der Waals surface area contributed by atoms with E-state index in [0.29, 0.717) is 28.1 Å². The molecule has 0 spiro atoms. The van der Waals surface area contributed by atoms with Crippen LogP contribution >= 0.6 is 11.6 Å². The number of nitrogens with zero attached hydrogens (tertiary/aromatic N) is 5. The molecule has 0 atom stereocenters. The van der Waals surface area contributed by atoms with E-state index in [1.54, 1.807) is 12.1 Å². The Morgan fingerprint density at radius 2 is 1.76 bits per heavy atom. The minimum absolute atomic E-state index is 0.00284. The average molecular weight is 475 g/mol. The fourth-order valence-electron chi connectivity index (χ4n) is 4.15. The molecule has 2 heterocycles. The summed E-state index contributed by atoms with van der Waals surface area (Å²) in [5, 5.41) is 3.64. The molecule has 2 aromatic carbocycles. The standard InChI is InChI=1S/C24H29ClF2N6/c1-3-31(4-2)7-8-32-9-11-33(12-10-32)23-15-22-18(14-21(23)27)24(29-16-28-22)30-17-5-6-20(26)19(25)13-17/h5-6,13-16H,3-4,7-12H2,1-2H3,(H,28,29,30). The largest absolute Gasteiger partial charge is 0.367 e. The van der Waals surface area contributed by atoms with Crippen LogP contribution in [0.25, 0.3) is 10.9 Å². The summed E-state index contributed by atoms with van der Waals surface area (Å²) in [7, 11) is 0. The van der Waals surface area contributed by atoms with E-state index in [0.717, 1.165) is 52.4 Å². The van der Waals surface area contributed by atoms with Crippen molar-refractivity contribution in [3.8, 4) is 0 Å². The number of anilines is 3. The molecule has 4 rings (SSSR count). The topological polar surface area (TPSA) is 47.5 Å². The third-order valence-corrected chi connectivity index (χ3v) is 6.52. The molecule has 0 aliphatic carbocycles. The first kappa shape index (κ1) is 23.6. The normalized spacial score (nSPS) is 14.9. The van der Waals surface area contributed by atoms with Gasteiger partial charge in [0.1, 0.15) is 23.8 Å². The highest BCUT2D eigenvalue weighted by Crippen LogP contribution is 2.31. The lowest BCUT2D eigenvalue weighted by Crippen LogP contribution is -2.48. The molecule has 0 bridgehead atoms. The fraction of sp³-hybridized carbons (Fsp3) is 0.417. The summed E-state index contributed by atoms with van der Waals surface area (Å²) in [6.45, 7) is 11.9. The molecule has 1 fully saturated rings. The van der Waals surface area contributed by atoms with Crippen molar-refractivity contribution in [2.24, 2.45) is 0 Å². The molecule has 33 heavy (non-hydrogen) atoms. The van der Waals surface area contributed by atoms with Gasteiger partial charge in [-0.3, -0.25) is 4.90 Å². The van der Waals surface area contributed by atoms with E-state index in [1.165, 1.54) is 24.5 Å². The van der Waals surface area contributed by atoms with Crippen LogP contribution in [-0.2, 0) is 0 Å². The van der Waals surface area contributed by atoms with Gasteiger partial charge >= 0.3 is 0 Å². The Morgan fingerprint density at radius 1 is 1.00 bits per heavy atom. The van der Waals surface area contributed by atoms with Gasteiger partial charge < -0.3 is 15.1 Å². The zero-order valence-electron chi connectivity index (χ0n) is 19.0. The average Bonchev–Trinajstić information content (AvgIpc) is 2.82. The van der Waals surface area contributed by atoms with Gasteiger partial charge in [0.15, 0.2) is 0 Å². The summed E-state index contributed by atoms with van der Waals surface area (Å²) >= 11 is 5.87. The molecule has 6 nitrogen and oxygen atoms in total. The van der Waals surface area contributed by atoms with Crippen molar-refractivity contribution in [2.75, 3.05) is 62.6 Å². The first-order chi connectivity index (χ1) is 16.0. The van der Waals surface area contributed by atoms with Gasteiger partial charge in [0.2, 0.25) is 0 Å². The van der Waals surface area contributed by atoms with Crippen LogP contribution in [0.5, 0.6) is 0 Å². The minimum Gasteiger partial charge on any atom is -0.367 e. The van der Waals surface area contributed by atoms with Gasteiger partial charge in [0.25, 0.3) is 0 Å². The second kappa shape index (κ2) is 10.6. The second-order valence-electron chi connectivity index (χ2n) is 8.15. The third kappa shape index (κ3) is 5.51. The predicted octanol–water partition coefficient (Wildman–Crippen LogP) is 4.77. The Hall–Kier alpha value is -2.55. The predicted molar refractivity (Wildman–Crippen MR) is 131 cm³/mol. The van der Waals surface area contributed by atoms with Gasteiger partial charge in [-0.1, -0.05) is 25.4 Å². The summed E-state index contributed by atoms with van der Waals surface area (Å²) < 4.78 is 28.6. The molecule has 1 aliphatic rings. The lowest BCUT2D eigenvalue weighted by Gasteiger charge is -2.37. The summed E-state index contributed by atoms with van der Waals surface area (Å²) in [5.74, 6) is -0.373. The van der Waals surface area contributed by atoms with E-state index < -0.39 is 5.82 Å². The number of hydrogen-bond donors (Lipinski definition) is 1. The van der Waals surface area contributed by atoms with Crippen LogP contribution in [0.2, 0.25) is 5.02 Å². The maximum Gasteiger partial charge on any atom is 0.147 e. The Morgan fingerprint density at radius 3 is 2.45 bits per heavy atom. The van der Waals surface area contributed by atoms with E-state index in [9.17, 15) is 4.39 Å². The smallest absolute Gasteiger partial charge is 0.147 e. The van der Waals surface area contributed by atoms with E-state index in [2.05, 4.69) is 43.8 Å². The molecule has 9 heteroatoms. The van der Waals surface area contributed by atoms with E-state index in [1.807, 2.05) is 0 Å². The van der Waals surface area contributed by atoms with Crippen LogP contribution < -0.4 is 10.2 Å². The molecule has 0 amide bonds. The van der Waals surface area contributed by atoms with Gasteiger partial charge in [-0.2, -0.15) is 0 Å². The van der Waals surface area contributed by atoms with Crippen molar-refractivity contribution >= 4 is 39.7 Å². The number of benzene rings is 2. The molecule has 1 N–H and O–H groups in total. The second-order valence-corrected chi connectivity index (χ2v) is 8.56. The zero-order chi connectivity index (χ0) is 23.4. The van der Waals surface area contributed by atoms with Crippen molar-refractivity contribution < 1.29 is 8.78 Å². The van der Waals surface area contributed by atoms with E-state index in [4.69, 9.17) is 11.6 Å². The first-order valence-corrected chi connectivity index (χ1v) is 11.7. The van der Waals surface area contributed by atoms with Crippen LogP contribution in [0.1, 0.15) is 13.8 Å². The van der Waals surface area contributed by atoms with Gasteiger partial charge in [-0.05, 0) is 43.4 Å². The van der Waals surface area contributed by atoms with Crippen molar-refractivity contribution in [3.63, 3.8) is 0 Å². The summed E-state index contributed by atoms with van der Waals surface area (Å²) in [5.41, 5.74) is 1.76. The Bertz CT molecular complexity index is 1100. The minimum atomic E-state index is -0.501. The summed E-state index contributed by atoms with van der Waals surface area (Å²) in [4.78, 5) is 15.5.